The van der Waals surface area contributed by atoms with Crippen molar-refractivity contribution >= 4 is 27.3 Å². The Morgan fingerprint density at radius 1 is 0.794 bits per heavy atom. The van der Waals surface area contributed by atoms with E-state index in [1.54, 1.807) is 12.1 Å². The van der Waals surface area contributed by atoms with Gasteiger partial charge in [0.1, 0.15) is 0 Å². The molecule has 3 aromatic carbocycles. The molecule has 0 atom stereocenters. The van der Waals surface area contributed by atoms with E-state index in [0.29, 0.717) is 23.7 Å². The van der Waals surface area contributed by atoms with E-state index in [1.165, 1.54) is 0 Å². The van der Waals surface area contributed by atoms with Gasteiger partial charge in [-0.15, -0.1) is 0 Å². The molecule has 1 saturated heterocycles. The van der Waals surface area contributed by atoms with E-state index in [9.17, 15) is 13.2 Å². The molecule has 1 fully saturated rings. The second kappa shape index (κ2) is 9.50. The SMILES string of the molecule is Cc1cc(C)c(S(=O)(=O)Nc2ccc(N3CCN(C(=O)c4ccccc4C)CC3)cc2)c(C)c1. The molecule has 0 radical (unpaired) electrons. The zero-order valence-corrected chi connectivity index (χ0v) is 20.9. The molecule has 6 nitrogen and oxygen atoms in total. The van der Waals surface area contributed by atoms with Crippen molar-refractivity contribution in [2.24, 2.45) is 0 Å². The van der Waals surface area contributed by atoms with E-state index in [-0.39, 0.29) is 5.91 Å². The topological polar surface area (TPSA) is 69.7 Å². The number of nitrogens with zero attached hydrogens (tertiary/aromatic N) is 2. The van der Waals surface area contributed by atoms with Gasteiger partial charge in [0.25, 0.3) is 15.9 Å². The minimum atomic E-state index is -3.68. The molecule has 1 amide bonds. The molecule has 4 rings (SSSR count). The molecule has 0 aliphatic carbocycles. The Morgan fingerprint density at radius 2 is 1.38 bits per heavy atom. The standard InChI is InChI=1S/C27H31N3O3S/c1-19-17-21(3)26(22(4)18-19)34(32,33)28-23-9-11-24(12-10-23)29-13-15-30(16-14-29)27(31)25-8-6-5-7-20(25)2/h5-12,17-18,28H,13-16H2,1-4H3. The van der Waals surface area contributed by atoms with E-state index >= 15 is 0 Å². The van der Waals surface area contributed by atoms with Crippen molar-refractivity contribution in [2.45, 2.75) is 32.6 Å². The summed E-state index contributed by atoms with van der Waals surface area (Å²) in [7, 11) is -3.68. The number of anilines is 2. The number of carbonyl (C=O) groups is 1. The van der Waals surface area contributed by atoms with Gasteiger partial charge in [0.05, 0.1) is 4.90 Å². The number of carbonyl (C=O) groups excluding carboxylic acids is 1. The average molecular weight is 478 g/mol. The fourth-order valence-electron chi connectivity index (χ4n) is 4.69. The fraction of sp³-hybridized carbons (Fsp3) is 0.296. The maximum Gasteiger partial charge on any atom is 0.262 e. The van der Waals surface area contributed by atoms with E-state index in [2.05, 4.69) is 9.62 Å². The number of hydrogen-bond donors (Lipinski definition) is 1. The van der Waals surface area contributed by atoms with E-state index in [1.807, 2.05) is 81.1 Å². The number of nitrogens with one attached hydrogen (secondary N) is 1. The Bertz CT molecular complexity index is 1290. The molecular weight excluding hydrogens is 446 g/mol. The monoisotopic (exact) mass is 477 g/mol. The third-order valence-corrected chi connectivity index (χ3v) is 7.99. The van der Waals surface area contributed by atoms with Crippen molar-refractivity contribution in [3.05, 3.63) is 88.5 Å². The highest BCUT2D eigenvalue weighted by Crippen LogP contribution is 2.26. The van der Waals surface area contributed by atoms with E-state index < -0.39 is 10.0 Å². The summed E-state index contributed by atoms with van der Waals surface area (Å²) in [5, 5.41) is 0. The summed E-state index contributed by atoms with van der Waals surface area (Å²) in [4.78, 5) is 17.3. The first kappa shape index (κ1) is 23.8. The van der Waals surface area contributed by atoms with Crippen LogP contribution in [0.2, 0.25) is 0 Å². The molecule has 0 bridgehead atoms. The van der Waals surface area contributed by atoms with E-state index in [4.69, 9.17) is 0 Å². The lowest BCUT2D eigenvalue weighted by Gasteiger charge is -2.36. The lowest BCUT2D eigenvalue weighted by molar-refractivity contribution is 0.0746. The van der Waals surface area contributed by atoms with Crippen LogP contribution in [0, 0.1) is 27.7 Å². The Balaban J connectivity index is 1.41. The molecule has 34 heavy (non-hydrogen) atoms. The molecule has 7 heteroatoms. The summed E-state index contributed by atoms with van der Waals surface area (Å²) in [6, 6.07) is 18.9. The van der Waals surface area contributed by atoms with Crippen molar-refractivity contribution in [3.63, 3.8) is 0 Å². The second-order valence-corrected chi connectivity index (χ2v) is 10.6. The van der Waals surface area contributed by atoms with Crippen molar-refractivity contribution < 1.29 is 13.2 Å². The first-order valence-corrected chi connectivity index (χ1v) is 12.9. The van der Waals surface area contributed by atoms with Gasteiger partial charge in [0, 0.05) is 43.1 Å². The van der Waals surface area contributed by atoms with Crippen LogP contribution in [0.1, 0.15) is 32.6 Å². The van der Waals surface area contributed by atoms with Crippen LogP contribution >= 0.6 is 0 Å². The Morgan fingerprint density at radius 3 is 1.97 bits per heavy atom. The molecule has 1 heterocycles. The van der Waals surface area contributed by atoms with Crippen molar-refractivity contribution in [1.29, 1.82) is 0 Å². The van der Waals surface area contributed by atoms with Gasteiger partial charge >= 0.3 is 0 Å². The first-order valence-electron chi connectivity index (χ1n) is 11.5. The van der Waals surface area contributed by atoms with E-state index in [0.717, 1.165) is 46.6 Å². The molecule has 1 aliphatic rings. The minimum absolute atomic E-state index is 0.0733. The first-order chi connectivity index (χ1) is 16.2. The third kappa shape index (κ3) is 4.94. The molecule has 3 aromatic rings. The van der Waals surface area contributed by atoms with Gasteiger partial charge in [-0.1, -0.05) is 35.9 Å². The molecule has 0 unspecified atom stereocenters. The molecule has 0 saturated carbocycles. The van der Waals surface area contributed by atoms with Gasteiger partial charge in [0.2, 0.25) is 0 Å². The Hall–Kier alpha value is -3.32. The van der Waals surface area contributed by atoms with Crippen LogP contribution in [0.3, 0.4) is 0 Å². The van der Waals surface area contributed by atoms with Gasteiger partial charge in [0.15, 0.2) is 0 Å². The number of aryl methyl sites for hydroxylation is 4. The number of benzene rings is 3. The number of sulfonamides is 1. The predicted octanol–water partition coefficient (Wildman–Crippen LogP) is 4.68. The quantitative estimate of drug-likeness (QED) is 0.579. The van der Waals surface area contributed by atoms with Crippen molar-refractivity contribution in [1.82, 2.24) is 4.90 Å². The number of hydrogen-bond acceptors (Lipinski definition) is 4. The lowest BCUT2D eigenvalue weighted by atomic mass is 10.1. The van der Waals surface area contributed by atoms with Crippen LogP contribution in [-0.4, -0.2) is 45.4 Å². The molecule has 1 aliphatic heterocycles. The molecule has 0 aromatic heterocycles. The summed E-state index contributed by atoms with van der Waals surface area (Å²) in [5.41, 5.74) is 5.79. The largest absolute Gasteiger partial charge is 0.368 e. The van der Waals surface area contributed by atoms with Gasteiger partial charge in [-0.2, -0.15) is 0 Å². The average Bonchev–Trinajstić information content (AvgIpc) is 2.78. The number of piperazine rings is 1. The fourth-order valence-corrected chi connectivity index (χ4v) is 6.20. The van der Waals surface area contributed by atoms with Crippen LogP contribution in [0.25, 0.3) is 0 Å². The van der Waals surface area contributed by atoms with Crippen LogP contribution in [0.15, 0.2) is 65.6 Å². The summed E-state index contributed by atoms with van der Waals surface area (Å²) in [6.45, 7) is 10.3. The summed E-state index contributed by atoms with van der Waals surface area (Å²) < 4.78 is 28.8. The van der Waals surface area contributed by atoms with Crippen LogP contribution < -0.4 is 9.62 Å². The number of rotatable bonds is 5. The molecule has 1 N–H and O–H groups in total. The van der Waals surface area contributed by atoms with Crippen LogP contribution in [-0.2, 0) is 10.0 Å². The second-order valence-electron chi connectivity index (χ2n) is 8.97. The summed E-state index contributed by atoms with van der Waals surface area (Å²) in [6.07, 6.45) is 0. The molecule has 178 valence electrons. The highest BCUT2D eigenvalue weighted by atomic mass is 32.2. The number of amides is 1. The highest BCUT2D eigenvalue weighted by molar-refractivity contribution is 7.92. The minimum Gasteiger partial charge on any atom is -0.368 e. The smallest absolute Gasteiger partial charge is 0.262 e. The van der Waals surface area contributed by atoms with Crippen LogP contribution in [0.4, 0.5) is 11.4 Å². The predicted molar refractivity (Wildman–Crippen MR) is 137 cm³/mol. The molecular formula is C27H31N3O3S. The zero-order chi connectivity index (χ0) is 24.5. The van der Waals surface area contributed by atoms with Gasteiger partial charge in [-0.05, 0) is 74.7 Å². The Labute approximate surface area is 202 Å². The van der Waals surface area contributed by atoms with Crippen molar-refractivity contribution in [2.75, 3.05) is 35.8 Å². The maximum absolute atomic E-state index is 13.0. The summed E-state index contributed by atoms with van der Waals surface area (Å²) in [5.74, 6) is 0.0733. The normalized spacial score (nSPS) is 14.2. The van der Waals surface area contributed by atoms with Gasteiger partial charge < -0.3 is 9.80 Å². The lowest BCUT2D eigenvalue weighted by Crippen LogP contribution is -2.48. The highest BCUT2D eigenvalue weighted by Gasteiger charge is 2.24. The Kier molecular flexibility index (Phi) is 6.66. The van der Waals surface area contributed by atoms with Gasteiger partial charge in [-0.3, -0.25) is 9.52 Å². The maximum atomic E-state index is 13.0. The summed E-state index contributed by atoms with van der Waals surface area (Å²) >= 11 is 0. The van der Waals surface area contributed by atoms with Crippen molar-refractivity contribution in [3.8, 4) is 0 Å². The molecule has 0 spiro atoms. The van der Waals surface area contributed by atoms with Gasteiger partial charge in [-0.25, -0.2) is 8.42 Å². The third-order valence-electron chi connectivity index (χ3n) is 6.30. The zero-order valence-electron chi connectivity index (χ0n) is 20.1. The van der Waals surface area contributed by atoms with Crippen LogP contribution in [0.5, 0.6) is 0 Å².